The van der Waals surface area contributed by atoms with E-state index in [2.05, 4.69) is 5.32 Å². The molecule has 0 aliphatic carbocycles. The highest BCUT2D eigenvalue weighted by molar-refractivity contribution is 7.89. The fourth-order valence-corrected chi connectivity index (χ4v) is 1.63. The third-order valence-corrected chi connectivity index (χ3v) is 3.76. The maximum absolute atomic E-state index is 11.3. The number of ether oxygens (including phenoxy) is 2. The fourth-order valence-electron chi connectivity index (χ4n) is 0.867. The molecule has 0 fully saturated rings. The van der Waals surface area contributed by atoms with E-state index in [0.717, 1.165) is 0 Å². The van der Waals surface area contributed by atoms with Crippen LogP contribution in [0.3, 0.4) is 0 Å². The predicted octanol–water partition coefficient (Wildman–Crippen LogP) is -0.914. The van der Waals surface area contributed by atoms with Crippen LogP contribution >= 0.6 is 0 Å². The van der Waals surface area contributed by atoms with Gasteiger partial charge in [-0.15, -0.1) is 0 Å². The van der Waals surface area contributed by atoms with Crippen LogP contribution in [0.4, 0.5) is 0 Å². The lowest BCUT2D eigenvalue weighted by atomic mass is 10.6. The molecule has 0 spiro atoms. The van der Waals surface area contributed by atoms with E-state index >= 15 is 0 Å². The summed E-state index contributed by atoms with van der Waals surface area (Å²) in [7, 11) is 2.98. The molecule has 0 saturated carbocycles. The van der Waals surface area contributed by atoms with Gasteiger partial charge in [0.15, 0.2) is 6.29 Å². The minimum absolute atomic E-state index is 0.0696. The molecule has 92 valence electrons. The molecule has 0 bridgehead atoms. The average Bonchev–Trinajstić information content (AvgIpc) is 2.18. The standard InChI is InChI=1S/C8H20N2O4S/c1-10(2)15(11,12)6-5-9-7-8(13-3)14-4/h8-9H,5-7H2,1-4H3. The van der Waals surface area contributed by atoms with Gasteiger partial charge in [0.1, 0.15) is 0 Å². The molecule has 15 heavy (non-hydrogen) atoms. The van der Waals surface area contributed by atoms with Crippen LogP contribution < -0.4 is 5.32 Å². The molecule has 0 aromatic heterocycles. The van der Waals surface area contributed by atoms with Gasteiger partial charge in [-0.1, -0.05) is 0 Å². The summed E-state index contributed by atoms with van der Waals surface area (Å²) in [4.78, 5) is 0. The first-order valence-electron chi connectivity index (χ1n) is 4.60. The summed E-state index contributed by atoms with van der Waals surface area (Å²) in [6, 6.07) is 0. The number of sulfonamides is 1. The molecular weight excluding hydrogens is 220 g/mol. The summed E-state index contributed by atoms with van der Waals surface area (Å²) < 4.78 is 33.8. The van der Waals surface area contributed by atoms with Crippen molar-refractivity contribution < 1.29 is 17.9 Å². The van der Waals surface area contributed by atoms with E-state index in [-0.39, 0.29) is 12.0 Å². The van der Waals surface area contributed by atoms with Crippen molar-refractivity contribution in [2.45, 2.75) is 6.29 Å². The number of nitrogens with zero attached hydrogens (tertiary/aromatic N) is 1. The minimum Gasteiger partial charge on any atom is -0.355 e. The van der Waals surface area contributed by atoms with E-state index in [1.807, 2.05) is 0 Å². The quantitative estimate of drug-likeness (QED) is 0.439. The van der Waals surface area contributed by atoms with Crippen molar-refractivity contribution in [3.8, 4) is 0 Å². The van der Waals surface area contributed by atoms with E-state index in [4.69, 9.17) is 9.47 Å². The van der Waals surface area contributed by atoms with Crippen LogP contribution in [-0.4, -0.2) is 66.2 Å². The lowest BCUT2D eigenvalue weighted by molar-refractivity contribution is -0.0984. The highest BCUT2D eigenvalue weighted by Crippen LogP contribution is 1.93. The van der Waals surface area contributed by atoms with Crippen molar-refractivity contribution in [3.63, 3.8) is 0 Å². The molecule has 7 heteroatoms. The molecule has 6 nitrogen and oxygen atoms in total. The second kappa shape index (κ2) is 7.13. The lowest BCUT2D eigenvalue weighted by Gasteiger charge is -2.15. The number of hydrogen-bond donors (Lipinski definition) is 1. The van der Waals surface area contributed by atoms with E-state index in [0.29, 0.717) is 13.1 Å². The smallest absolute Gasteiger partial charge is 0.214 e. The first kappa shape index (κ1) is 14.8. The largest absolute Gasteiger partial charge is 0.355 e. The van der Waals surface area contributed by atoms with E-state index < -0.39 is 10.0 Å². The van der Waals surface area contributed by atoms with Crippen LogP contribution in [0.5, 0.6) is 0 Å². The Hall–Kier alpha value is -0.210. The SMILES string of the molecule is COC(CNCCS(=O)(=O)N(C)C)OC. The molecule has 1 N–H and O–H groups in total. The van der Waals surface area contributed by atoms with Crippen LogP contribution in [0.1, 0.15) is 0 Å². The molecule has 0 aliphatic rings. The van der Waals surface area contributed by atoms with E-state index in [1.165, 1.54) is 32.6 Å². The first-order chi connectivity index (χ1) is 6.94. The maximum Gasteiger partial charge on any atom is 0.214 e. The zero-order chi connectivity index (χ0) is 11.9. The third kappa shape index (κ3) is 6.06. The Labute approximate surface area is 91.6 Å². The van der Waals surface area contributed by atoms with Gasteiger partial charge in [0.2, 0.25) is 10.0 Å². The molecule has 0 unspecified atom stereocenters. The zero-order valence-corrected chi connectivity index (χ0v) is 10.5. The Bertz CT molecular complexity index is 249. The van der Waals surface area contributed by atoms with Gasteiger partial charge in [-0.3, -0.25) is 0 Å². The van der Waals surface area contributed by atoms with Crippen molar-refractivity contribution >= 4 is 10.0 Å². The number of rotatable bonds is 8. The van der Waals surface area contributed by atoms with Gasteiger partial charge in [-0.2, -0.15) is 0 Å². The van der Waals surface area contributed by atoms with Crippen molar-refractivity contribution in [1.82, 2.24) is 9.62 Å². The van der Waals surface area contributed by atoms with Crippen LogP contribution in [0.25, 0.3) is 0 Å². The Morgan fingerprint density at radius 1 is 1.27 bits per heavy atom. The lowest BCUT2D eigenvalue weighted by Crippen LogP contribution is -2.35. The summed E-state index contributed by atoms with van der Waals surface area (Å²) >= 11 is 0. The molecule has 0 aliphatic heterocycles. The highest BCUT2D eigenvalue weighted by Gasteiger charge is 2.13. The molecule has 0 atom stereocenters. The van der Waals surface area contributed by atoms with Crippen molar-refractivity contribution in [3.05, 3.63) is 0 Å². The molecule has 0 heterocycles. The summed E-state index contributed by atoms with van der Waals surface area (Å²) in [6.07, 6.45) is -0.341. The van der Waals surface area contributed by atoms with Crippen molar-refractivity contribution in [1.29, 1.82) is 0 Å². The van der Waals surface area contributed by atoms with E-state index in [9.17, 15) is 8.42 Å². The van der Waals surface area contributed by atoms with E-state index in [1.54, 1.807) is 0 Å². The monoisotopic (exact) mass is 240 g/mol. The van der Waals surface area contributed by atoms with Gasteiger partial charge < -0.3 is 14.8 Å². The second-order valence-corrected chi connectivity index (χ2v) is 5.51. The summed E-state index contributed by atoms with van der Waals surface area (Å²) in [5.41, 5.74) is 0. The van der Waals surface area contributed by atoms with Gasteiger partial charge >= 0.3 is 0 Å². The molecule has 0 saturated heterocycles. The van der Waals surface area contributed by atoms with Gasteiger partial charge in [-0.25, -0.2) is 12.7 Å². The van der Waals surface area contributed by atoms with Crippen molar-refractivity contribution in [2.75, 3.05) is 47.2 Å². The predicted molar refractivity (Wildman–Crippen MR) is 58.1 cm³/mol. The average molecular weight is 240 g/mol. The molecule has 0 aromatic carbocycles. The number of hydrogen-bond acceptors (Lipinski definition) is 5. The van der Waals surface area contributed by atoms with Crippen LogP contribution in [0.2, 0.25) is 0 Å². The molecule has 0 rings (SSSR count). The summed E-state index contributed by atoms with van der Waals surface area (Å²) in [5.74, 6) is 0.0696. The van der Waals surface area contributed by atoms with Gasteiger partial charge in [-0.05, 0) is 0 Å². The minimum atomic E-state index is -3.12. The number of methoxy groups -OCH3 is 2. The van der Waals surface area contributed by atoms with Gasteiger partial charge in [0.05, 0.1) is 5.75 Å². The van der Waals surface area contributed by atoms with Crippen LogP contribution in [0, 0.1) is 0 Å². The maximum atomic E-state index is 11.3. The van der Waals surface area contributed by atoms with Gasteiger partial charge in [0, 0.05) is 41.4 Å². The zero-order valence-electron chi connectivity index (χ0n) is 9.69. The molecule has 0 radical (unpaired) electrons. The van der Waals surface area contributed by atoms with Crippen molar-refractivity contribution in [2.24, 2.45) is 0 Å². The molecular formula is C8H20N2O4S. The first-order valence-corrected chi connectivity index (χ1v) is 6.21. The summed E-state index contributed by atoms with van der Waals surface area (Å²) in [5, 5.41) is 2.94. The Balaban J connectivity index is 3.72. The Morgan fingerprint density at radius 3 is 2.20 bits per heavy atom. The third-order valence-electron chi connectivity index (χ3n) is 1.93. The van der Waals surface area contributed by atoms with Crippen LogP contribution in [0.15, 0.2) is 0 Å². The molecule has 0 aromatic rings. The normalized spacial score (nSPS) is 12.7. The van der Waals surface area contributed by atoms with Crippen LogP contribution in [-0.2, 0) is 19.5 Å². The highest BCUT2D eigenvalue weighted by atomic mass is 32.2. The second-order valence-electron chi connectivity index (χ2n) is 3.20. The number of nitrogens with one attached hydrogen (secondary N) is 1. The topological polar surface area (TPSA) is 67.9 Å². The Morgan fingerprint density at radius 2 is 1.80 bits per heavy atom. The fraction of sp³-hybridized carbons (Fsp3) is 1.00. The summed E-state index contributed by atoms with van der Waals surface area (Å²) in [6.45, 7) is 0.847. The molecule has 0 amide bonds. The Kier molecular flexibility index (Phi) is 7.03. The van der Waals surface area contributed by atoms with Gasteiger partial charge in [0.25, 0.3) is 0 Å².